The number of carbonyl (C=O) groups excluding carboxylic acids is 1. The number of ether oxygens (including phenoxy) is 1. The predicted molar refractivity (Wildman–Crippen MR) is 78.1 cm³/mol. The van der Waals surface area contributed by atoms with Gasteiger partial charge in [-0.1, -0.05) is 11.6 Å². The van der Waals surface area contributed by atoms with Crippen LogP contribution in [0.25, 0.3) is 0 Å². The van der Waals surface area contributed by atoms with E-state index in [9.17, 15) is 4.79 Å². The second kappa shape index (κ2) is 6.70. The van der Waals surface area contributed by atoms with Crippen molar-refractivity contribution in [1.29, 1.82) is 0 Å². The Hall–Kier alpha value is -0.620. The summed E-state index contributed by atoms with van der Waals surface area (Å²) in [6.07, 6.45) is 0. The second-order valence-corrected chi connectivity index (χ2v) is 6.38. The molecule has 4 nitrogen and oxygen atoms in total. The maximum atomic E-state index is 12.4. The summed E-state index contributed by atoms with van der Waals surface area (Å²) < 4.78 is 5.59. The molecule has 1 saturated heterocycles. The number of hydrogen-bond donors (Lipinski definition) is 0. The molecule has 0 saturated carbocycles. The van der Waals surface area contributed by atoms with E-state index < -0.39 is 0 Å². The van der Waals surface area contributed by atoms with Gasteiger partial charge in [-0.3, -0.25) is 4.79 Å². The molecule has 0 spiro atoms. The summed E-state index contributed by atoms with van der Waals surface area (Å²) in [6.45, 7) is 3.59. The standard InChI is InChI=1S/C13H19ClN2O2S/c1-15(2)7-10-8-16(4-5-18-9-10)13(17)12-11(14)3-6-19-12/h3,6,10H,4-5,7-9H2,1-2H3/t10-/m0/s1. The van der Waals surface area contributed by atoms with Gasteiger partial charge in [0.25, 0.3) is 5.91 Å². The van der Waals surface area contributed by atoms with Crippen molar-refractivity contribution < 1.29 is 9.53 Å². The van der Waals surface area contributed by atoms with Gasteiger partial charge in [0.15, 0.2) is 0 Å². The minimum atomic E-state index is 0.0225. The molecule has 0 aliphatic carbocycles. The highest BCUT2D eigenvalue weighted by atomic mass is 35.5. The monoisotopic (exact) mass is 302 g/mol. The molecule has 106 valence electrons. The molecule has 0 aromatic carbocycles. The summed E-state index contributed by atoms with van der Waals surface area (Å²) in [5.74, 6) is 0.370. The van der Waals surface area contributed by atoms with E-state index in [1.54, 1.807) is 6.07 Å². The Morgan fingerprint density at radius 1 is 1.63 bits per heavy atom. The van der Waals surface area contributed by atoms with Crippen LogP contribution in [-0.4, -0.2) is 62.7 Å². The van der Waals surface area contributed by atoms with E-state index in [0.29, 0.717) is 35.6 Å². The van der Waals surface area contributed by atoms with Gasteiger partial charge < -0.3 is 14.5 Å². The van der Waals surface area contributed by atoms with E-state index in [1.807, 2.05) is 24.4 Å². The molecule has 2 rings (SSSR count). The lowest BCUT2D eigenvalue weighted by molar-refractivity contribution is 0.0740. The fourth-order valence-corrected chi connectivity index (χ4v) is 3.38. The maximum Gasteiger partial charge on any atom is 0.265 e. The molecule has 2 heterocycles. The maximum absolute atomic E-state index is 12.4. The number of amides is 1. The zero-order valence-corrected chi connectivity index (χ0v) is 12.8. The van der Waals surface area contributed by atoms with Crippen LogP contribution in [0.2, 0.25) is 5.02 Å². The topological polar surface area (TPSA) is 32.8 Å². The molecule has 19 heavy (non-hydrogen) atoms. The quantitative estimate of drug-likeness (QED) is 0.857. The molecule has 1 aliphatic rings. The minimum absolute atomic E-state index is 0.0225. The lowest BCUT2D eigenvalue weighted by Gasteiger charge is -2.25. The zero-order chi connectivity index (χ0) is 13.8. The highest BCUT2D eigenvalue weighted by Gasteiger charge is 2.25. The van der Waals surface area contributed by atoms with Crippen molar-refractivity contribution in [2.45, 2.75) is 0 Å². The van der Waals surface area contributed by atoms with Gasteiger partial charge in [-0.15, -0.1) is 11.3 Å². The molecule has 1 amide bonds. The number of nitrogens with zero attached hydrogens (tertiary/aromatic N) is 2. The van der Waals surface area contributed by atoms with E-state index in [4.69, 9.17) is 16.3 Å². The Balaban J connectivity index is 2.06. The Labute approximate surface area is 122 Å². The summed E-state index contributed by atoms with van der Waals surface area (Å²) in [5.41, 5.74) is 0. The van der Waals surface area contributed by atoms with Crippen LogP contribution in [0.3, 0.4) is 0 Å². The summed E-state index contributed by atoms with van der Waals surface area (Å²) in [7, 11) is 4.07. The van der Waals surface area contributed by atoms with Gasteiger partial charge in [-0.2, -0.15) is 0 Å². The average Bonchev–Trinajstić information content (AvgIpc) is 2.63. The Bertz CT molecular complexity index is 436. The molecule has 6 heteroatoms. The van der Waals surface area contributed by atoms with Crippen molar-refractivity contribution in [2.24, 2.45) is 5.92 Å². The third-order valence-electron chi connectivity index (χ3n) is 3.06. The van der Waals surface area contributed by atoms with Crippen LogP contribution in [0.15, 0.2) is 11.4 Å². The van der Waals surface area contributed by atoms with Crippen molar-refractivity contribution in [1.82, 2.24) is 9.80 Å². The molecule has 1 atom stereocenters. The molecule has 1 aromatic heterocycles. The van der Waals surface area contributed by atoms with Gasteiger partial charge in [0.2, 0.25) is 0 Å². The van der Waals surface area contributed by atoms with Crippen LogP contribution >= 0.6 is 22.9 Å². The smallest absolute Gasteiger partial charge is 0.265 e. The third-order valence-corrected chi connectivity index (χ3v) is 4.39. The fourth-order valence-electron chi connectivity index (χ4n) is 2.28. The Kier molecular flexibility index (Phi) is 5.21. The third kappa shape index (κ3) is 3.92. The number of carbonyl (C=O) groups is 1. The van der Waals surface area contributed by atoms with Gasteiger partial charge in [0.05, 0.1) is 18.2 Å². The van der Waals surface area contributed by atoms with Crippen LogP contribution in [0.4, 0.5) is 0 Å². The first kappa shape index (κ1) is 14.8. The van der Waals surface area contributed by atoms with Gasteiger partial charge in [0, 0.05) is 25.6 Å². The molecular weight excluding hydrogens is 284 g/mol. The molecule has 0 radical (unpaired) electrons. The number of thiophene rings is 1. The SMILES string of the molecule is CN(C)C[C@@H]1COCCN(C(=O)c2sccc2Cl)C1. The first-order chi connectivity index (χ1) is 9.08. The Morgan fingerprint density at radius 2 is 2.42 bits per heavy atom. The van der Waals surface area contributed by atoms with Crippen molar-refractivity contribution in [3.05, 3.63) is 21.3 Å². The minimum Gasteiger partial charge on any atom is -0.379 e. The Morgan fingerprint density at radius 3 is 3.05 bits per heavy atom. The van der Waals surface area contributed by atoms with Gasteiger partial charge in [0.1, 0.15) is 4.88 Å². The molecule has 1 aliphatic heterocycles. The second-order valence-electron chi connectivity index (χ2n) is 5.05. The molecule has 1 fully saturated rings. The molecule has 0 N–H and O–H groups in total. The molecule has 1 aromatic rings. The lowest BCUT2D eigenvalue weighted by Crippen LogP contribution is -2.38. The van der Waals surface area contributed by atoms with Crippen LogP contribution in [-0.2, 0) is 4.74 Å². The highest BCUT2D eigenvalue weighted by Crippen LogP contribution is 2.24. The van der Waals surface area contributed by atoms with Crippen LogP contribution < -0.4 is 0 Å². The van der Waals surface area contributed by atoms with Gasteiger partial charge >= 0.3 is 0 Å². The normalized spacial score (nSPS) is 20.6. The first-order valence-corrected chi connectivity index (χ1v) is 7.58. The average molecular weight is 303 g/mol. The van der Waals surface area contributed by atoms with Crippen LogP contribution in [0.1, 0.15) is 9.67 Å². The number of halogens is 1. The molecule has 0 bridgehead atoms. The fraction of sp³-hybridized carbons (Fsp3) is 0.615. The van der Waals surface area contributed by atoms with E-state index in [1.165, 1.54) is 11.3 Å². The van der Waals surface area contributed by atoms with E-state index in [0.717, 1.165) is 13.1 Å². The molecular formula is C13H19ClN2O2S. The van der Waals surface area contributed by atoms with Gasteiger partial charge in [-0.05, 0) is 25.5 Å². The number of rotatable bonds is 3. The largest absolute Gasteiger partial charge is 0.379 e. The van der Waals surface area contributed by atoms with Crippen molar-refractivity contribution >= 4 is 28.8 Å². The van der Waals surface area contributed by atoms with E-state index >= 15 is 0 Å². The summed E-state index contributed by atoms with van der Waals surface area (Å²) in [4.78, 5) is 17.1. The van der Waals surface area contributed by atoms with Crippen LogP contribution in [0, 0.1) is 5.92 Å². The zero-order valence-electron chi connectivity index (χ0n) is 11.3. The summed E-state index contributed by atoms with van der Waals surface area (Å²) in [5, 5.41) is 2.39. The number of hydrogen-bond acceptors (Lipinski definition) is 4. The van der Waals surface area contributed by atoms with Gasteiger partial charge in [-0.25, -0.2) is 0 Å². The van der Waals surface area contributed by atoms with Crippen LogP contribution in [0.5, 0.6) is 0 Å². The van der Waals surface area contributed by atoms with Crippen molar-refractivity contribution in [2.75, 3.05) is 46.9 Å². The van der Waals surface area contributed by atoms with E-state index in [2.05, 4.69) is 4.90 Å². The first-order valence-electron chi connectivity index (χ1n) is 6.32. The van der Waals surface area contributed by atoms with Crippen molar-refractivity contribution in [3.8, 4) is 0 Å². The lowest BCUT2D eigenvalue weighted by atomic mass is 10.1. The summed E-state index contributed by atoms with van der Waals surface area (Å²) >= 11 is 7.44. The predicted octanol–water partition coefficient (Wildman–Crippen LogP) is 2.05. The highest BCUT2D eigenvalue weighted by molar-refractivity contribution is 7.12. The summed E-state index contributed by atoms with van der Waals surface area (Å²) in [6, 6.07) is 1.77. The van der Waals surface area contributed by atoms with E-state index in [-0.39, 0.29) is 5.91 Å². The van der Waals surface area contributed by atoms with Crippen molar-refractivity contribution in [3.63, 3.8) is 0 Å². The molecule has 0 unspecified atom stereocenters.